The van der Waals surface area contributed by atoms with Crippen molar-refractivity contribution in [3.05, 3.63) is 139 Å². The molecule has 2 heterocycles. The molecule has 18 heteroatoms. The van der Waals surface area contributed by atoms with Crippen LogP contribution in [0.3, 0.4) is 0 Å². The van der Waals surface area contributed by atoms with Crippen LogP contribution in [0.4, 0.5) is 0 Å². The summed E-state index contributed by atoms with van der Waals surface area (Å²) in [5, 5.41) is 2.06. The molecule has 0 bridgehead atoms. The smallest absolute Gasteiger partial charge is 0.253 e. The van der Waals surface area contributed by atoms with Crippen LogP contribution in [0.15, 0.2) is 97.1 Å². The molecule has 0 aromatic heterocycles. The minimum absolute atomic E-state index is 0.0883. The van der Waals surface area contributed by atoms with Crippen molar-refractivity contribution in [2.45, 2.75) is 153 Å². The Hall–Kier alpha value is -3.86. The number of hydrogen-bond donors (Lipinski definition) is 0. The van der Waals surface area contributed by atoms with Crippen molar-refractivity contribution < 1.29 is 45.5 Å². The number of sulfone groups is 2. The largest absolute Gasteiger partial charge is 0.357 e. The summed E-state index contributed by atoms with van der Waals surface area (Å²) < 4.78 is 63.3. The zero-order valence-corrected chi connectivity index (χ0v) is 47.1. The second kappa shape index (κ2) is 24.2. The van der Waals surface area contributed by atoms with Crippen LogP contribution in [0.5, 0.6) is 0 Å². The zero-order chi connectivity index (χ0) is 53.7. The maximum absolute atomic E-state index is 13.9. The Labute approximate surface area is 445 Å². The first-order valence-corrected chi connectivity index (χ1v) is 28.8. The average molecular weight is 1110 g/mol. The number of hydrogen-bond acceptors (Lipinski definition) is 10. The lowest BCUT2D eigenvalue weighted by Gasteiger charge is -2.47. The number of carbonyl (C=O) groups is 4. The zero-order valence-electron chi connectivity index (χ0n) is 42.4. The van der Waals surface area contributed by atoms with Gasteiger partial charge >= 0.3 is 0 Å². The van der Waals surface area contributed by atoms with E-state index in [1.165, 1.54) is 0 Å². The van der Waals surface area contributed by atoms with Gasteiger partial charge in [-0.3, -0.25) is 19.2 Å². The fourth-order valence-corrected chi connectivity index (χ4v) is 11.9. The molecule has 4 aromatic carbocycles. The van der Waals surface area contributed by atoms with Crippen LogP contribution in [-0.4, -0.2) is 95.3 Å². The number of morpholine rings is 2. The summed E-state index contributed by atoms with van der Waals surface area (Å²) in [6.45, 7) is 16.8. The molecule has 2 aliphatic rings. The van der Waals surface area contributed by atoms with E-state index in [9.17, 15) is 36.0 Å². The predicted molar refractivity (Wildman–Crippen MR) is 286 cm³/mol. The summed E-state index contributed by atoms with van der Waals surface area (Å²) in [6, 6.07) is 25.7. The molecule has 2 saturated heterocycles. The van der Waals surface area contributed by atoms with Crippen molar-refractivity contribution in [2.75, 3.05) is 11.5 Å². The molecular weight excluding hydrogens is 1040 g/mol. The van der Waals surface area contributed by atoms with Crippen molar-refractivity contribution in [3.63, 3.8) is 0 Å². The van der Waals surface area contributed by atoms with Gasteiger partial charge < -0.3 is 19.3 Å². The van der Waals surface area contributed by atoms with Gasteiger partial charge in [-0.25, -0.2) is 16.8 Å². The van der Waals surface area contributed by atoms with Crippen LogP contribution in [0.25, 0.3) is 0 Å². The molecule has 0 radical (unpaired) electrons. The number of rotatable bonds is 16. The molecule has 392 valence electrons. The number of nitrogens with zero attached hydrogens (tertiary/aromatic N) is 2. The lowest BCUT2D eigenvalue weighted by atomic mass is 9.90. The van der Waals surface area contributed by atoms with Crippen LogP contribution in [0, 0.1) is 0 Å². The molecule has 0 saturated carbocycles. The molecular formula is C54H66Cl4N2O10S2. The predicted octanol–water partition coefficient (Wildman–Crippen LogP) is 11.9. The summed E-state index contributed by atoms with van der Waals surface area (Å²) in [4.78, 5) is 55.6. The van der Waals surface area contributed by atoms with E-state index in [-0.39, 0.29) is 48.8 Å². The molecule has 0 aliphatic carbocycles. The second-order valence-corrected chi connectivity index (χ2v) is 27.7. The Morgan fingerprint density at radius 3 is 1.12 bits per heavy atom. The fourth-order valence-electron chi connectivity index (χ4n) is 8.65. The highest BCUT2D eigenvalue weighted by Gasteiger charge is 2.49. The van der Waals surface area contributed by atoms with Gasteiger partial charge in [-0.05, 0) is 126 Å². The first-order chi connectivity index (χ1) is 33.5. The summed E-state index contributed by atoms with van der Waals surface area (Å²) in [5.41, 5.74) is 2.91. The van der Waals surface area contributed by atoms with Crippen molar-refractivity contribution in [3.8, 4) is 0 Å². The first kappa shape index (κ1) is 59.0. The Kier molecular flexibility index (Phi) is 19.8. The third-order valence-corrected chi connectivity index (χ3v) is 19.5. The lowest BCUT2D eigenvalue weighted by molar-refractivity contribution is -0.179. The standard InChI is InChI=1S/2C27H33Cl2NO5S/c2*1-6-22(31)15-23-26(32)30(17(2)16-36(33,34)27(3,4)5)24(18-10-12-20(28)13-11-18)25(35-23)19-8-7-9-21(29)14-19/h2*7-14,17,23-25H,6,15-16H2,1-5H3/t17-,23+,24+,25+;17-,23-,24+,25+/m00/s1. The Morgan fingerprint density at radius 2 is 0.847 bits per heavy atom. The van der Waals surface area contributed by atoms with Crippen LogP contribution in [0.1, 0.15) is 141 Å². The third kappa shape index (κ3) is 14.3. The van der Waals surface area contributed by atoms with Gasteiger partial charge in [0.1, 0.15) is 36.0 Å². The minimum atomic E-state index is -3.56. The molecule has 4 aromatic rings. The molecule has 72 heavy (non-hydrogen) atoms. The van der Waals surface area contributed by atoms with E-state index in [0.29, 0.717) is 20.1 Å². The van der Waals surface area contributed by atoms with E-state index in [1.54, 1.807) is 164 Å². The van der Waals surface area contributed by atoms with Gasteiger partial charge in [-0.15, -0.1) is 0 Å². The third-order valence-electron chi connectivity index (χ3n) is 13.0. The summed E-state index contributed by atoms with van der Waals surface area (Å²) in [6.07, 6.45) is -3.08. The number of carbonyl (C=O) groups excluding carboxylic acids is 4. The van der Waals surface area contributed by atoms with E-state index in [0.717, 1.165) is 22.3 Å². The van der Waals surface area contributed by atoms with Crippen LogP contribution in [-0.2, 0) is 48.3 Å². The number of halogens is 4. The summed E-state index contributed by atoms with van der Waals surface area (Å²) >= 11 is 24.9. The second-order valence-electron chi connectivity index (χ2n) is 20.4. The molecule has 2 amide bonds. The van der Waals surface area contributed by atoms with Crippen molar-refractivity contribution in [1.82, 2.24) is 9.80 Å². The van der Waals surface area contributed by atoms with E-state index in [1.807, 2.05) is 12.1 Å². The van der Waals surface area contributed by atoms with Gasteiger partial charge in [-0.1, -0.05) is 109 Å². The Bertz CT molecular complexity index is 2610. The number of Topliss-reactive ketones (excluding diaryl/α,β-unsaturated/α-hetero) is 2. The highest BCUT2D eigenvalue weighted by atomic mass is 35.5. The highest BCUT2D eigenvalue weighted by molar-refractivity contribution is 7.93. The Morgan fingerprint density at radius 1 is 0.528 bits per heavy atom. The van der Waals surface area contributed by atoms with Crippen LogP contribution in [0.2, 0.25) is 20.1 Å². The van der Waals surface area contributed by atoms with E-state index < -0.39 is 89.6 Å². The molecule has 6 rings (SSSR count). The van der Waals surface area contributed by atoms with Crippen LogP contribution < -0.4 is 0 Å². The fraction of sp³-hybridized carbons (Fsp3) is 0.481. The average Bonchev–Trinajstić information content (AvgIpc) is 3.29. The van der Waals surface area contributed by atoms with Crippen molar-refractivity contribution in [2.24, 2.45) is 0 Å². The first-order valence-electron chi connectivity index (χ1n) is 23.9. The number of benzene rings is 4. The molecule has 8 atom stereocenters. The number of ether oxygens (including phenoxy) is 2. The quantitative estimate of drug-likeness (QED) is 0.106. The maximum atomic E-state index is 13.9. The molecule has 0 N–H and O–H groups in total. The van der Waals surface area contributed by atoms with E-state index in [4.69, 9.17) is 55.9 Å². The number of amides is 2. The molecule has 2 fully saturated rings. The van der Waals surface area contributed by atoms with Gasteiger partial charge in [0.05, 0.1) is 33.1 Å². The van der Waals surface area contributed by atoms with Gasteiger partial charge in [-0.2, -0.15) is 0 Å². The van der Waals surface area contributed by atoms with Crippen LogP contribution >= 0.6 is 46.4 Å². The molecule has 0 spiro atoms. The number of ketones is 2. The van der Waals surface area contributed by atoms with E-state index in [2.05, 4.69) is 0 Å². The van der Waals surface area contributed by atoms with Crippen molar-refractivity contribution in [1.29, 1.82) is 0 Å². The van der Waals surface area contributed by atoms with Gasteiger partial charge in [0.15, 0.2) is 19.7 Å². The van der Waals surface area contributed by atoms with E-state index >= 15 is 0 Å². The van der Waals surface area contributed by atoms with Gasteiger partial charge in [0, 0.05) is 57.9 Å². The monoisotopic (exact) mass is 1110 g/mol. The highest BCUT2D eigenvalue weighted by Crippen LogP contribution is 2.46. The maximum Gasteiger partial charge on any atom is 0.253 e. The lowest BCUT2D eigenvalue weighted by Crippen LogP contribution is -2.56. The van der Waals surface area contributed by atoms with Gasteiger partial charge in [0.2, 0.25) is 0 Å². The van der Waals surface area contributed by atoms with Gasteiger partial charge in [0.25, 0.3) is 11.8 Å². The molecule has 2 aliphatic heterocycles. The molecule has 0 unspecified atom stereocenters. The molecule has 12 nitrogen and oxygen atoms in total. The van der Waals surface area contributed by atoms with Crippen molar-refractivity contribution >= 4 is 89.5 Å². The SMILES string of the molecule is CCC(=O)C[C@@H]1O[C@H](c2cccc(Cl)c2)[C@@H](c2ccc(Cl)cc2)N([C@@H](C)CS(=O)(=O)C(C)(C)C)C1=O.CCC(=O)C[C@H]1O[C@H](c2cccc(Cl)c2)[C@@H](c2ccc(Cl)cc2)N([C@@H](C)CS(=O)(=O)C(C)(C)C)C1=O. The summed E-state index contributed by atoms with van der Waals surface area (Å²) in [5.74, 6) is -1.51. The topological polar surface area (TPSA) is 161 Å². The normalized spacial score (nSPS) is 21.9. The summed E-state index contributed by atoms with van der Waals surface area (Å²) in [7, 11) is -7.12. The minimum Gasteiger partial charge on any atom is -0.357 e. The Balaban J connectivity index is 0.000000267.